The first-order valence-electron chi connectivity index (χ1n) is 0.246. The Kier molecular flexibility index (Phi) is 106. The molecule has 40 valence electrons. The van der Waals surface area contributed by atoms with Crippen LogP contribution in [0.3, 0.4) is 0 Å². The molecule has 0 aromatic rings. The van der Waals surface area contributed by atoms with Crippen LogP contribution in [0.1, 0.15) is 0 Å². The van der Waals surface area contributed by atoms with Crippen molar-refractivity contribution in [1.82, 2.24) is 0 Å². The third-order valence-electron chi connectivity index (χ3n) is 0. The fourth-order valence-electron chi connectivity index (χ4n) is 0. The van der Waals surface area contributed by atoms with Crippen molar-refractivity contribution >= 4 is 44.8 Å². The molecule has 0 saturated heterocycles. The molecule has 0 unspecified atom stereocenters. The minimum atomic E-state index is 0. The van der Waals surface area contributed by atoms with Gasteiger partial charge in [0, 0.05) is 0 Å². The summed E-state index contributed by atoms with van der Waals surface area (Å²) in [6.07, 6.45) is 0. The first-order valence-corrected chi connectivity index (χ1v) is 3.05. The second kappa shape index (κ2) is 33.8. The molecule has 0 N–H and O–H groups in total. The van der Waals surface area contributed by atoms with Crippen LogP contribution in [0.15, 0.2) is 0 Å². The zero-order valence-corrected chi connectivity index (χ0v) is 7.67. The molecule has 0 nitrogen and oxygen atoms in total. The predicted octanol–water partition coefficient (Wildman–Crippen LogP) is 0.911. The zero-order chi connectivity index (χ0) is 4.00. The van der Waals surface area contributed by atoms with E-state index >= 15 is 0 Å². The molecule has 5 heteroatoms. The van der Waals surface area contributed by atoms with Crippen LogP contribution in [0.25, 0.3) is 0 Å². The zero-order valence-electron chi connectivity index (χ0n) is 1.83. The molecular weight excluding hydrogens is 319 g/mol. The summed E-state index contributed by atoms with van der Waals surface area (Å²) in [6, 6.07) is 0. The summed E-state index contributed by atoms with van der Waals surface area (Å²) in [5.74, 6) is 0. The number of hydrogen-bond donors (Lipinski definition) is 0. The summed E-state index contributed by atoms with van der Waals surface area (Å²) < 4.78 is 0. The molecule has 5 heavy (non-hydrogen) atoms. The SMILES string of the molecule is [S]=[Cu-].[S]=[Cu-].[Te+2]. The minimum absolute atomic E-state index is 0. The Morgan fingerprint density at radius 1 is 0.800 bits per heavy atom. The van der Waals surface area contributed by atoms with Crippen molar-refractivity contribution in [1.29, 1.82) is 0 Å². The van der Waals surface area contributed by atoms with E-state index < -0.39 is 0 Å². The fourth-order valence-corrected chi connectivity index (χ4v) is 0. The topological polar surface area (TPSA) is 0 Å². The van der Waals surface area contributed by atoms with Gasteiger partial charge in [-0.3, -0.25) is 0 Å². The summed E-state index contributed by atoms with van der Waals surface area (Å²) in [5, 5.41) is 0. The molecule has 0 fully saturated rings. The van der Waals surface area contributed by atoms with Crippen LogP contribution in [-0.2, 0) is 28.8 Å². The maximum Gasteiger partial charge on any atom is 2.00 e. The molecule has 0 saturated carbocycles. The van der Waals surface area contributed by atoms with Crippen molar-refractivity contribution in [2.24, 2.45) is 0 Å². The molecule has 0 atom stereocenters. The van der Waals surface area contributed by atoms with Crippen molar-refractivity contribution < 1.29 is 28.8 Å². The predicted molar refractivity (Wildman–Crippen MR) is 20.9 cm³/mol. The number of hydrogen-bond acceptors (Lipinski definition) is 2. The van der Waals surface area contributed by atoms with Gasteiger partial charge in [-0.2, -0.15) is 0 Å². The minimum Gasteiger partial charge on any atom is 2.00 e. The maximum absolute atomic E-state index is 3.77. The summed E-state index contributed by atoms with van der Waals surface area (Å²) in [7, 11) is 7.29. The molecule has 0 rings (SSSR count). The van der Waals surface area contributed by atoms with E-state index in [1.807, 2.05) is 0 Å². The molecule has 0 heterocycles. The van der Waals surface area contributed by atoms with Gasteiger partial charge >= 0.3 is 73.5 Å². The molecule has 0 aliphatic carbocycles. The standard InChI is InChI=1S/2Cu.2S.Te/q2*-1;;;+2. The van der Waals surface area contributed by atoms with Crippen LogP contribution in [0.5, 0.6) is 0 Å². The van der Waals surface area contributed by atoms with E-state index in [2.05, 4.69) is 49.9 Å². The van der Waals surface area contributed by atoms with Crippen molar-refractivity contribution in [3.8, 4) is 0 Å². The molecule has 0 aromatic heterocycles. The van der Waals surface area contributed by atoms with Gasteiger partial charge in [-0.15, -0.1) is 0 Å². The molecule has 0 aromatic carbocycles. The van der Waals surface area contributed by atoms with Gasteiger partial charge < -0.3 is 0 Å². The van der Waals surface area contributed by atoms with Gasteiger partial charge in [0.05, 0.1) is 0 Å². The smallest absolute Gasteiger partial charge is 2.00 e. The van der Waals surface area contributed by atoms with Crippen LogP contribution in [-0.4, -0.2) is 23.7 Å². The van der Waals surface area contributed by atoms with Crippen molar-refractivity contribution in [3.05, 3.63) is 0 Å². The van der Waals surface area contributed by atoms with Crippen LogP contribution in [0.2, 0.25) is 0 Å². The second-order valence-electron chi connectivity index (χ2n) is 0. The van der Waals surface area contributed by atoms with Crippen LogP contribution in [0.4, 0.5) is 0 Å². The summed E-state index contributed by atoms with van der Waals surface area (Å²) in [5.41, 5.74) is 0. The van der Waals surface area contributed by atoms with Gasteiger partial charge in [0.1, 0.15) is 0 Å². The van der Waals surface area contributed by atoms with E-state index in [1.54, 1.807) is 0 Å². The molecule has 0 bridgehead atoms. The van der Waals surface area contributed by atoms with Gasteiger partial charge in [0.15, 0.2) is 0 Å². The van der Waals surface area contributed by atoms with Crippen LogP contribution >= 0.6 is 21.1 Å². The summed E-state index contributed by atoms with van der Waals surface area (Å²) >= 11 is 7.54. The van der Waals surface area contributed by atoms with Crippen molar-refractivity contribution in [2.75, 3.05) is 0 Å². The Morgan fingerprint density at radius 3 is 0.800 bits per heavy atom. The first-order chi connectivity index (χ1) is 2.00. The maximum atomic E-state index is 3.77. The molecule has 0 aliphatic heterocycles. The monoisotopic (exact) mass is 320 g/mol. The second-order valence-corrected chi connectivity index (χ2v) is 0. The van der Waals surface area contributed by atoms with Gasteiger partial charge in [-0.1, -0.05) is 0 Å². The Hall–Kier alpha value is 2.27. The largest absolute Gasteiger partial charge is 2.00 e. The molecule has 0 aliphatic rings. The van der Waals surface area contributed by atoms with E-state index in [1.165, 1.54) is 0 Å². The Morgan fingerprint density at radius 2 is 0.800 bits per heavy atom. The normalized spacial score (nSPS) is 2.40. The van der Waals surface area contributed by atoms with Crippen LogP contribution < -0.4 is 0 Å². The first kappa shape index (κ1) is 15.7. The van der Waals surface area contributed by atoms with Gasteiger partial charge in [-0.25, -0.2) is 0 Å². The summed E-state index contributed by atoms with van der Waals surface area (Å²) in [6.45, 7) is 0. The van der Waals surface area contributed by atoms with Gasteiger partial charge in [0.25, 0.3) is 0 Å². The number of rotatable bonds is 0. The Balaban J connectivity index is -0.0000000133. The Labute approximate surface area is 72.5 Å². The third kappa shape index (κ3) is 22.2. The fraction of sp³-hybridized carbons (Fsp3) is 0. The summed E-state index contributed by atoms with van der Waals surface area (Å²) in [4.78, 5) is 0. The Bertz CT molecular complexity index is 9.61. The van der Waals surface area contributed by atoms with Crippen LogP contribution in [0, 0.1) is 0 Å². The van der Waals surface area contributed by atoms with Crippen molar-refractivity contribution in [3.63, 3.8) is 0 Å². The van der Waals surface area contributed by atoms with E-state index in [-0.39, 0.29) is 23.7 Å². The molecular formula is Cu2S2Te. The van der Waals surface area contributed by atoms with E-state index in [0.29, 0.717) is 0 Å². The van der Waals surface area contributed by atoms with E-state index in [9.17, 15) is 0 Å². The van der Waals surface area contributed by atoms with Crippen molar-refractivity contribution in [2.45, 2.75) is 0 Å². The van der Waals surface area contributed by atoms with E-state index in [0.717, 1.165) is 0 Å². The molecule has 0 amide bonds. The average molecular weight is 319 g/mol. The van der Waals surface area contributed by atoms with Gasteiger partial charge in [-0.05, 0) is 0 Å². The third-order valence-corrected chi connectivity index (χ3v) is 0. The average Bonchev–Trinajstić information content (AvgIpc) is 1.50. The molecule has 4 radical (unpaired) electrons. The molecule has 0 spiro atoms. The van der Waals surface area contributed by atoms with E-state index in [4.69, 9.17) is 0 Å². The quantitative estimate of drug-likeness (QED) is 0.609. The van der Waals surface area contributed by atoms with Gasteiger partial charge in [0.2, 0.25) is 0 Å².